The van der Waals surface area contributed by atoms with Crippen molar-refractivity contribution in [3.8, 4) is 11.3 Å². The van der Waals surface area contributed by atoms with Crippen LogP contribution in [0.5, 0.6) is 0 Å². The lowest BCUT2D eigenvalue weighted by Crippen LogP contribution is -2.23. The molecule has 0 unspecified atom stereocenters. The number of nitrogens with one attached hydrogen (secondary N) is 1. The monoisotopic (exact) mass is 411 g/mol. The number of hydrogen-bond donors (Lipinski definition) is 1. The molecule has 4 aromatic rings. The predicted molar refractivity (Wildman–Crippen MR) is 118 cm³/mol. The van der Waals surface area contributed by atoms with Gasteiger partial charge in [0.2, 0.25) is 0 Å². The molecule has 2 aromatic carbocycles. The largest absolute Gasteiger partial charge is 0.307 e. The van der Waals surface area contributed by atoms with Gasteiger partial charge in [-0.05, 0) is 48.7 Å². The molecular weight excluding hydrogens is 390 g/mol. The molecular formula is C24H21N5O2. The van der Waals surface area contributed by atoms with Crippen molar-refractivity contribution in [2.45, 2.75) is 26.4 Å². The Morgan fingerprint density at radius 3 is 2.48 bits per heavy atom. The second-order valence-corrected chi connectivity index (χ2v) is 7.71. The van der Waals surface area contributed by atoms with E-state index >= 15 is 0 Å². The van der Waals surface area contributed by atoms with Crippen LogP contribution in [0.2, 0.25) is 0 Å². The molecule has 1 N–H and O–H groups in total. The van der Waals surface area contributed by atoms with Crippen LogP contribution in [0.15, 0.2) is 71.5 Å². The summed E-state index contributed by atoms with van der Waals surface area (Å²) in [5, 5.41) is 12.1. The zero-order valence-electron chi connectivity index (χ0n) is 17.1. The second-order valence-electron chi connectivity index (χ2n) is 7.71. The third-order valence-corrected chi connectivity index (χ3v) is 5.37. The van der Waals surface area contributed by atoms with Crippen LogP contribution in [0.25, 0.3) is 11.3 Å². The molecule has 0 spiro atoms. The second kappa shape index (κ2) is 7.68. The fraction of sp³-hybridized carbons (Fsp3) is 0.167. The quantitative estimate of drug-likeness (QED) is 0.482. The molecule has 7 nitrogen and oxygen atoms in total. The molecule has 154 valence electrons. The summed E-state index contributed by atoms with van der Waals surface area (Å²) in [6, 6.07) is 20.5. The number of aryl methyl sites for hydroxylation is 3. The van der Waals surface area contributed by atoms with Crippen molar-refractivity contribution in [1.82, 2.24) is 19.6 Å². The van der Waals surface area contributed by atoms with E-state index in [2.05, 4.69) is 27.6 Å². The summed E-state index contributed by atoms with van der Waals surface area (Å²) in [6.45, 7) is 2.82. The first-order valence-corrected chi connectivity index (χ1v) is 10.2. The van der Waals surface area contributed by atoms with Gasteiger partial charge < -0.3 is 5.32 Å². The van der Waals surface area contributed by atoms with Crippen LogP contribution in [0.3, 0.4) is 0 Å². The van der Waals surface area contributed by atoms with Gasteiger partial charge >= 0.3 is 0 Å². The fourth-order valence-corrected chi connectivity index (χ4v) is 3.83. The number of rotatable bonds is 0. The minimum atomic E-state index is -0.217. The summed E-state index contributed by atoms with van der Waals surface area (Å²) in [5.74, 6) is 0.449. The zero-order valence-corrected chi connectivity index (χ0v) is 17.1. The Morgan fingerprint density at radius 1 is 0.839 bits per heavy atom. The topological polar surface area (TPSA) is 81.8 Å². The maximum atomic E-state index is 12.9. The molecule has 3 heterocycles. The number of nitrogens with zero attached hydrogens (tertiary/aromatic N) is 4. The van der Waals surface area contributed by atoms with E-state index in [-0.39, 0.29) is 18.0 Å². The van der Waals surface area contributed by atoms with Crippen LogP contribution in [0.1, 0.15) is 27.2 Å². The van der Waals surface area contributed by atoms with E-state index in [1.54, 1.807) is 18.2 Å². The summed E-state index contributed by atoms with van der Waals surface area (Å²) in [5.41, 5.74) is 4.81. The van der Waals surface area contributed by atoms with Gasteiger partial charge in [-0.1, -0.05) is 30.3 Å². The summed E-state index contributed by atoms with van der Waals surface area (Å²) < 4.78 is 3.26. The average molecular weight is 411 g/mol. The first-order chi connectivity index (χ1) is 15.0. The molecule has 0 fully saturated rings. The highest BCUT2D eigenvalue weighted by atomic mass is 16.2. The predicted octanol–water partition coefficient (Wildman–Crippen LogP) is 3.27. The minimum Gasteiger partial charge on any atom is -0.307 e. The molecule has 0 saturated carbocycles. The van der Waals surface area contributed by atoms with E-state index in [9.17, 15) is 9.59 Å². The van der Waals surface area contributed by atoms with E-state index in [0.717, 1.165) is 34.5 Å². The summed E-state index contributed by atoms with van der Waals surface area (Å²) in [4.78, 5) is 25.3. The van der Waals surface area contributed by atoms with E-state index in [1.165, 1.54) is 10.7 Å². The van der Waals surface area contributed by atoms with Gasteiger partial charge in [0, 0.05) is 29.8 Å². The van der Waals surface area contributed by atoms with Crippen LogP contribution in [-0.2, 0) is 19.5 Å². The van der Waals surface area contributed by atoms with Gasteiger partial charge in [-0.25, -0.2) is 9.36 Å². The minimum absolute atomic E-state index is 0.185. The summed E-state index contributed by atoms with van der Waals surface area (Å²) in [7, 11) is 0. The van der Waals surface area contributed by atoms with Crippen LogP contribution >= 0.6 is 0 Å². The molecule has 1 aliphatic rings. The van der Waals surface area contributed by atoms with Crippen LogP contribution < -0.4 is 10.9 Å². The van der Waals surface area contributed by atoms with Gasteiger partial charge in [0.1, 0.15) is 5.82 Å². The van der Waals surface area contributed by atoms with E-state index in [0.29, 0.717) is 17.9 Å². The molecule has 0 saturated heterocycles. The summed E-state index contributed by atoms with van der Waals surface area (Å²) >= 11 is 0. The van der Waals surface area contributed by atoms with Crippen LogP contribution in [-0.4, -0.2) is 25.5 Å². The van der Waals surface area contributed by atoms with E-state index < -0.39 is 0 Å². The first kappa shape index (κ1) is 19.0. The standard InChI is InChI=1S/C24H21N5O2/c1-16-12-22-25-24(31)20-7-3-5-18(14-20)15-29-23(30)9-8-21(27-29)19-6-2-4-17(13-19)10-11-28(22)26-16/h2-9,12-14H,10-11,15H2,1H3,(H,25,31). The lowest BCUT2D eigenvalue weighted by Gasteiger charge is -2.12. The number of carbonyl (C=O) groups excluding carboxylic acids is 1. The van der Waals surface area contributed by atoms with Crippen LogP contribution in [0.4, 0.5) is 5.82 Å². The van der Waals surface area contributed by atoms with Crippen molar-refractivity contribution in [3.05, 3.63) is 99.5 Å². The highest BCUT2D eigenvalue weighted by Crippen LogP contribution is 2.20. The maximum Gasteiger partial charge on any atom is 0.267 e. The number of amides is 1. The molecule has 0 radical (unpaired) electrons. The van der Waals surface area contributed by atoms with Crippen molar-refractivity contribution in [2.75, 3.05) is 5.32 Å². The lowest BCUT2D eigenvalue weighted by atomic mass is 10.1. The van der Waals surface area contributed by atoms with Crippen molar-refractivity contribution in [3.63, 3.8) is 0 Å². The fourth-order valence-electron chi connectivity index (χ4n) is 3.83. The molecule has 7 heteroatoms. The Labute approximate surface area is 179 Å². The van der Waals surface area contributed by atoms with Crippen molar-refractivity contribution >= 4 is 11.7 Å². The molecule has 6 bridgehead atoms. The number of anilines is 1. The van der Waals surface area contributed by atoms with Gasteiger partial charge in [-0.2, -0.15) is 10.2 Å². The van der Waals surface area contributed by atoms with Gasteiger partial charge in [-0.3, -0.25) is 9.59 Å². The molecule has 31 heavy (non-hydrogen) atoms. The number of benzene rings is 2. The zero-order chi connectivity index (χ0) is 21.4. The Hall–Kier alpha value is -4.00. The molecule has 0 aliphatic carbocycles. The number of aromatic nitrogens is 4. The van der Waals surface area contributed by atoms with Crippen LogP contribution in [0, 0.1) is 6.92 Å². The van der Waals surface area contributed by atoms with Crippen molar-refractivity contribution < 1.29 is 4.79 Å². The molecule has 0 atom stereocenters. The van der Waals surface area contributed by atoms with Crippen molar-refractivity contribution in [2.24, 2.45) is 0 Å². The van der Waals surface area contributed by atoms with E-state index in [1.807, 2.05) is 41.9 Å². The molecule has 5 rings (SSSR count). The molecule has 2 aromatic heterocycles. The third kappa shape index (κ3) is 3.90. The highest BCUT2D eigenvalue weighted by Gasteiger charge is 2.13. The SMILES string of the molecule is Cc1cc2n(n1)CCc1cccc(c1)-c1ccc(=O)n(n1)Cc1cccc(c1)C(=O)N2. The highest BCUT2D eigenvalue weighted by molar-refractivity contribution is 6.03. The van der Waals surface area contributed by atoms with Crippen molar-refractivity contribution in [1.29, 1.82) is 0 Å². The Balaban J connectivity index is 1.64. The van der Waals surface area contributed by atoms with Gasteiger partial charge in [0.25, 0.3) is 11.5 Å². The summed E-state index contributed by atoms with van der Waals surface area (Å²) in [6.07, 6.45) is 0.743. The Morgan fingerprint density at radius 2 is 1.61 bits per heavy atom. The number of hydrogen-bond acceptors (Lipinski definition) is 4. The average Bonchev–Trinajstić information content (AvgIpc) is 3.12. The van der Waals surface area contributed by atoms with E-state index in [4.69, 9.17) is 0 Å². The first-order valence-electron chi connectivity index (χ1n) is 10.2. The smallest absolute Gasteiger partial charge is 0.267 e. The molecule has 1 aliphatic heterocycles. The third-order valence-electron chi connectivity index (χ3n) is 5.37. The lowest BCUT2D eigenvalue weighted by molar-refractivity contribution is 0.102. The maximum absolute atomic E-state index is 12.9. The molecule has 1 amide bonds. The normalized spacial score (nSPS) is 13.4. The number of carbonyl (C=O) groups is 1. The van der Waals surface area contributed by atoms with Gasteiger partial charge in [0.15, 0.2) is 0 Å². The Kier molecular flexibility index (Phi) is 4.71. The van der Waals surface area contributed by atoms with Gasteiger partial charge in [0.05, 0.1) is 17.9 Å². The number of fused-ring (bicyclic) bond motifs is 8. The Bertz CT molecular complexity index is 1350. The van der Waals surface area contributed by atoms with Gasteiger partial charge in [-0.15, -0.1) is 0 Å².